The van der Waals surface area contributed by atoms with Crippen LogP contribution in [0.1, 0.15) is 36.9 Å². The van der Waals surface area contributed by atoms with Crippen LogP contribution in [-0.4, -0.2) is 47.5 Å². The molecule has 0 saturated carbocycles. The molecule has 7 heteroatoms. The number of carbonyl (C=O) groups excluding carboxylic acids is 2. The Kier molecular flexibility index (Phi) is 6.25. The Morgan fingerprint density at radius 3 is 2.66 bits per heavy atom. The molecule has 1 N–H and O–H groups in total. The number of benzene rings is 1. The third-order valence-electron chi connectivity index (χ3n) is 5.84. The summed E-state index contributed by atoms with van der Waals surface area (Å²) in [6.45, 7) is 4.43. The van der Waals surface area contributed by atoms with E-state index in [0.717, 1.165) is 42.5 Å². The van der Waals surface area contributed by atoms with E-state index in [9.17, 15) is 9.59 Å². The van der Waals surface area contributed by atoms with Crippen LogP contribution in [0.2, 0.25) is 0 Å². The topological polar surface area (TPSA) is 71.5 Å². The van der Waals surface area contributed by atoms with Crippen LogP contribution in [0.5, 0.6) is 0 Å². The zero-order chi connectivity index (χ0) is 20.2. The lowest BCUT2D eigenvalue weighted by Crippen LogP contribution is -2.48. The summed E-state index contributed by atoms with van der Waals surface area (Å²) in [6.07, 6.45) is 3.14. The Labute approximate surface area is 175 Å². The van der Waals surface area contributed by atoms with Gasteiger partial charge in [0, 0.05) is 32.2 Å². The SMILES string of the molecule is Cc1ncsc1-c1ccc(CNC(=O)C2CCCN2C(=O)C2CCOCC2)cc1. The second kappa shape index (κ2) is 9.05. The third-order valence-corrected chi connectivity index (χ3v) is 6.82. The lowest BCUT2D eigenvalue weighted by molar-refractivity contribution is -0.143. The van der Waals surface area contributed by atoms with Crippen LogP contribution in [0.4, 0.5) is 0 Å². The van der Waals surface area contributed by atoms with E-state index in [0.29, 0.717) is 26.3 Å². The van der Waals surface area contributed by atoms with Crippen LogP contribution in [0.15, 0.2) is 29.8 Å². The molecule has 6 nitrogen and oxygen atoms in total. The zero-order valence-corrected chi connectivity index (χ0v) is 17.5. The Morgan fingerprint density at radius 2 is 1.97 bits per heavy atom. The van der Waals surface area contributed by atoms with Gasteiger partial charge in [-0.05, 0) is 43.7 Å². The van der Waals surface area contributed by atoms with Crippen molar-refractivity contribution in [3.05, 3.63) is 41.0 Å². The molecule has 0 radical (unpaired) electrons. The number of nitrogens with one attached hydrogen (secondary N) is 1. The predicted octanol–water partition coefficient (Wildman–Crippen LogP) is 3.15. The minimum absolute atomic E-state index is 0.0000995. The quantitative estimate of drug-likeness (QED) is 0.817. The normalized spacial score (nSPS) is 20.0. The second-order valence-corrected chi connectivity index (χ2v) is 8.61. The first-order valence-corrected chi connectivity index (χ1v) is 11.2. The summed E-state index contributed by atoms with van der Waals surface area (Å²) in [5.41, 5.74) is 5.08. The Morgan fingerprint density at radius 1 is 1.21 bits per heavy atom. The molecule has 1 unspecified atom stereocenters. The van der Waals surface area contributed by atoms with Crippen LogP contribution in [0.3, 0.4) is 0 Å². The van der Waals surface area contributed by atoms with E-state index in [1.54, 1.807) is 16.2 Å². The van der Waals surface area contributed by atoms with Crippen molar-refractivity contribution in [2.45, 2.75) is 45.2 Å². The number of aromatic nitrogens is 1. The summed E-state index contributed by atoms with van der Waals surface area (Å²) in [4.78, 5) is 32.9. The van der Waals surface area contributed by atoms with Gasteiger partial charge >= 0.3 is 0 Å². The van der Waals surface area contributed by atoms with Crippen LogP contribution in [0.25, 0.3) is 10.4 Å². The fourth-order valence-electron chi connectivity index (χ4n) is 4.14. The maximum atomic E-state index is 12.9. The van der Waals surface area contributed by atoms with Crippen molar-refractivity contribution in [2.75, 3.05) is 19.8 Å². The van der Waals surface area contributed by atoms with E-state index < -0.39 is 0 Å². The van der Waals surface area contributed by atoms with Crippen molar-refractivity contribution in [1.29, 1.82) is 0 Å². The first kappa shape index (κ1) is 20.0. The van der Waals surface area contributed by atoms with E-state index in [4.69, 9.17) is 4.74 Å². The van der Waals surface area contributed by atoms with Crippen molar-refractivity contribution in [3.8, 4) is 10.4 Å². The summed E-state index contributed by atoms with van der Waals surface area (Å²) in [5.74, 6) is 0.0698. The molecule has 2 fully saturated rings. The summed E-state index contributed by atoms with van der Waals surface area (Å²) in [7, 11) is 0. The van der Waals surface area contributed by atoms with E-state index in [2.05, 4.69) is 22.4 Å². The number of aryl methyl sites for hydroxylation is 1. The van der Waals surface area contributed by atoms with E-state index in [-0.39, 0.29) is 23.8 Å². The van der Waals surface area contributed by atoms with Crippen molar-refractivity contribution in [2.24, 2.45) is 5.92 Å². The van der Waals surface area contributed by atoms with E-state index in [1.165, 1.54) is 4.88 Å². The van der Waals surface area contributed by atoms with Gasteiger partial charge in [-0.1, -0.05) is 24.3 Å². The average Bonchev–Trinajstić information content (AvgIpc) is 3.42. The van der Waals surface area contributed by atoms with Crippen LogP contribution < -0.4 is 5.32 Å². The summed E-state index contributed by atoms with van der Waals surface area (Å²) >= 11 is 1.63. The van der Waals surface area contributed by atoms with Gasteiger partial charge in [0.25, 0.3) is 0 Å². The van der Waals surface area contributed by atoms with Crippen LogP contribution in [0, 0.1) is 12.8 Å². The standard InChI is InChI=1S/C22H27N3O3S/c1-15-20(29-14-24-15)17-6-4-16(5-7-17)13-23-21(26)19-3-2-10-25(19)22(27)18-8-11-28-12-9-18/h4-7,14,18-19H,2-3,8-13H2,1H3,(H,23,26). The Hall–Kier alpha value is -2.25. The molecule has 0 spiro atoms. The molecule has 1 aromatic heterocycles. The monoisotopic (exact) mass is 413 g/mol. The first-order chi connectivity index (χ1) is 14.1. The lowest BCUT2D eigenvalue weighted by Gasteiger charge is -2.30. The van der Waals surface area contributed by atoms with Crippen molar-refractivity contribution in [1.82, 2.24) is 15.2 Å². The van der Waals surface area contributed by atoms with Crippen molar-refractivity contribution in [3.63, 3.8) is 0 Å². The van der Waals surface area contributed by atoms with Gasteiger partial charge in [0.1, 0.15) is 6.04 Å². The molecule has 2 aromatic rings. The zero-order valence-electron chi connectivity index (χ0n) is 16.7. The Bertz CT molecular complexity index is 858. The van der Waals surface area contributed by atoms with Gasteiger partial charge in [0.05, 0.1) is 16.1 Å². The number of amides is 2. The van der Waals surface area contributed by atoms with Crippen molar-refractivity contribution < 1.29 is 14.3 Å². The average molecular weight is 414 g/mol. The van der Waals surface area contributed by atoms with Crippen LogP contribution in [-0.2, 0) is 20.9 Å². The van der Waals surface area contributed by atoms with E-state index in [1.807, 2.05) is 24.6 Å². The highest BCUT2D eigenvalue weighted by Crippen LogP contribution is 2.27. The number of thiazole rings is 1. The molecule has 2 saturated heterocycles. The molecule has 1 aromatic carbocycles. The number of hydrogen-bond acceptors (Lipinski definition) is 5. The second-order valence-electron chi connectivity index (χ2n) is 7.76. The molecule has 3 heterocycles. The van der Waals surface area contributed by atoms with Crippen molar-refractivity contribution >= 4 is 23.2 Å². The third kappa shape index (κ3) is 4.51. The molecular formula is C22H27N3O3S. The lowest BCUT2D eigenvalue weighted by atomic mass is 9.98. The number of nitrogens with zero attached hydrogens (tertiary/aromatic N) is 2. The fourth-order valence-corrected chi connectivity index (χ4v) is 4.95. The fraction of sp³-hybridized carbons (Fsp3) is 0.500. The number of likely N-dealkylation sites (tertiary alicyclic amines) is 1. The van der Waals surface area contributed by atoms with Gasteiger partial charge in [0.2, 0.25) is 11.8 Å². The van der Waals surface area contributed by atoms with Gasteiger partial charge in [-0.15, -0.1) is 11.3 Å². The molecule has 0 aliphatic carbocycles. The Balaban J connectivity index is 1.34. The highest BCUT2D eigenvalue weighted by molar-refractivity contribution is 7.13. The highest BCUT2D eigenvalue weighted by Gasteiger charge is 2.37. The smallest absolute Gasteiger partial charge is 0.243 e. The molecule has 29 heavy (non-hydrogen) atoms. The van der Waals surface area contributed by atoms with Gasteiger partial charge in [-0.3, -0.25) is 9.59 Å². The molecule has 4 rings (SSSR count). The molecule has 2 aliphatic rings. The van der Waals surface area contributed by atoms with Gasteiger partial charge in [-0.2, -0.15) is 0 Å². The van der Waals surface area contributed by atoms with Gasteiger partial charge in [0.15, 0.2) is 0 Å². The number of carbonyl (C=O) groups is 2. The minimum atomic E-state index is -0.343. The summed E-state index contributed by atoms with van der Waals surface area (Å²) in [6, 6.07) is 7.87. The van der Waals surface area contributed by atoms with E-state index >= 15 is 0 Å². The maximum absolute atomic E-state index is 12.9. The number of hydrogen-bond donors (Lipinski definition) is 1. The van der Waals surface area contributed by atoms with Crippen LogP contribution >= 0.6 is 11.3 Å². The van der Waals surface area contributed by atoms with Gasteiger partial charge < -0.3 is 15.0 Å². The molecule has 0 bridgehead atoms. The molecular weight excluding hydrogens is 386 g/mol. The summed E-state index contributed by atoms with van der Waals surface area (Å²) in [5, 5.41) is 3.03. The largest absolute Gasteiger partial charge is 0.381 e. The molecule has 1 atom stereocenters. The number of rotatable bonds is 5. The minimum Gasteiger partial charge on any atom is -0.381 e. The predicted molar refractivity (Wildman–Crippen MR) is 112 cm³/mol. The van der Waals surface area contributed by atoms with Gasteiger partial charge in [-0.25, -0.2) is 4.98 Å². The number of ether oxygens (including phenoxy) is 1. The maximum Gasteiger partial charge on any atom is 0.243 e. The summed E-state index contributed by atoms with van der Waals surface area (Å²) < 4.78 is 5.36. The highest BCUT2D eigenvalue weighted by atomic mass is 32.1. The molecule has 154 valence electrons. The molecule has 2 amide bonds. The molecule has 2 aliphatic heterocycles. The first-order valence-electron chi connectivity index (χ1n) is 10.3.